The van der Waals surface area contributed by atoms with Gasteiger partial charge >= 0.3 is 0 Å². The van der Waals surface area contributed by atoms with E-state index in [0.29, 0.717) is 23.1 Å². The van der Waals surface area contributed by atoms with Gasteiger partial charge in [0.05, 0.1) is 11.6 Å². The molecular weight excluding hydrogens is 421 g/mol. The Balaban J connectivity index is 1.61. The third-order valence-electron chi connectivity index (χ3n) is 6.09. The summed E-state index contributed by atoms with van der Waals surface area (Å²) in [6.45, 7) is 2.08. The lowest BCUT2D eigenvalue weighted by Gasteiger charge is -2.25. The molecule has 2 aliphatic rings. The minimum Gasteiger partial charge on any atom is -0.507 e. The third kappa shape index (κ3) is 3.78. The van der Waals surface area contributed by atoms with Crippen LogP contribution in [0.15, 0.2) is 78.4 Å². The largest absolute Gasteiger partial charge is 0.507 e. The van der Waals surface area contributed by atoms with E-state index in [1.165, 1.54) is 17.0 Å². The number of aliphatic hydroxyl groups excluding tert-OH is 1. The van der Waals surface area contributed by atoms with E-state index in [0.717, 1.165) is 11.3 Å². The Morgan fingerprint density at radius 2 is 1.79 bits per heavy atom. The van der Waals surface area contributed by atoms with Gasteiger partial charge in [0.2, 0.25) is 0 Å². The first-order chi connectivity index (χ1) is 15.9. The number of amides is 1. The van der Waals surface area contributed by atoms with Gasteiger partial charge in [-0.25, -0.2) is 4.39 Å². The highest BCUT2D eigenvalue weighted by molar-refractivity contribution is 6.46. The molecule has 1 saturated heterocycles. The van der Waals surface area contributed by atoms with Gasteiger partial charge in [0.25, 0.3) is 11.7 Å². The fourth-order valence-corrected chi connectivity index (χ4v) is 4.54. The summed E-state index contributed by atoms with van der Waals surface area (Å²) in [5.74, 6) is -1.28. The van der Waals surface area contributed by atoms with Crippen molar-refractivity contribution in [3.05, 3.63) is 106 Å². The molecule has 2 aliphatic heterocycles. The first-order valence-corrected chi connectivity index (χ1v) is 10.8. The fraction of sp³-hybridized carbons (Fsp3) is 0.185. The normalized spacial score (nSPS) is 21.2. The zero-order valence-corrected chi connectivity index (χ0v) is 18.0. The molecule has 6 heteroatoms. The average Bonchev–Trinajstić information content (AvgIpc) is 3.31. The number of hydrogen-bond acceptors (Lipinski definition) is 4. The van der Waals surface area contributed by atoms with Crippen molar-refractivity contribution in [1.29, 1.82) is 0 Å². The molecule has 33 heavy (non-hydrogen) atoms. The summed E-state index contributed by atoms with van der Waals surface area (Å²) in [6.07, 6.45) is 0.750. The topological polar surface area (TPSA) is 66.8 Å². The van der Waals surface area contributed by atoms with Crippen molar-refractivity contribution < 1.29 is 23.8 Å². The van der Waals surface area contributed by atoms with Crippen molar-refractivity contribution in [3.63, 3.8) is 0 Å². The summed E-state index contributed by atoms with van der Waals surface area (Å²) in [6, 6.07) is 19.4. The molecule has 5 nitrogen and oxygen atoms in total. The van der Waals surface area contributed by atoms with E-state index < -0.39 is 17.7 Å². The Kier molecular flexibility index (Phi) is 5.21. The van der Waals surface area contributed by atoms with Crippen molar-refractivity contribution in [2.24, 2.45) is 0 Å². The van der Waals surface area contributed by atoms with E-state index in [-0.39, 0.29) is 29.8 Å². The summed E-state index contributed by atoms with van der Waals surface area (Å²) in [7, 11) is 0. The predicted molar refractivity (Wildman–Crippen MR) is 121 cm³/mol. The number of Topliss-reactive ketones (excluding diaryl/α,β-unsaturated/α-hetero) is 1. The van der Waals surface area contributed by atoms with Crippen LogP contribution >= 0.6 is 0 Å². The number of carbonyl (C=O) groups is 2. The molecule has 5 rings (SSSR count). The minimum absolute atomic E-state index is 0.0419. The number of ether oxygens (including phenoxy) is 1. The molecule has 0 spiro atoms. The Morgan fingerprint density at radius 1 is 1.06 bits per heavy atom. The van der Waals surface area contributed by atoms with Gasteiger partial charge in [-0.15, -0.1) is 0 Å². The van der Waals surface area contributed by atoms with Gasteiger partial charge in [-0.3, -0.25) is 9.59 Å². The van der Waals surface area contributed by atoms with E-state index in [1.807, 2.05) is 43.3 Å². The number of aliphatic hydroxyl groups is 1. The number of nitrogens with zero attached hydrogens (tertiary/aromatic N) is 1. The molecule has 2 atom stereocenters. The van der Waals surface area contributed by atoms with E-state index in [2.05, 4.69) is 0 Å². The average molecular weight is 443 g/mol. The highest BCUT2D eigenvalue weighted by Crippen LogP contribution is 2.41. The van der Waals surface area contributed by atoms with Crippen molar-refractivity contribution in [1.82, 2.24) is 4.90 Å². The van der Waals surface area contributed by atoms with Crippen LogP contribution in [-0.2, 0) is 22.6 Å². The third-order valence-corrected chi connectivity index (χ3v) is 6.09. The zero-order chi connectivity index (χ0) is 23.1. The van der Waals surface area contributed by atoms with Crippen LogP contribution in [0.4, 0.5) is 4.39 Å². The smallest absolute Gasteiger partial charge is 0.295 e. The molecule has 1 N–H and O–H groups in total. The molecule has 3 aromatic rings. The molecule has 1 fully saturated rings. The van der Waals surface area contributed by atoms with Crippen molar-refractivity contribution in [2.75, 3.05) is 0 Å². The second kappa shape index (κ2) is 8.20. The molecular formula is C27H22FNO4. The molecule has 0 saturated carbocycles. The first-order valence-electron chi connectivity index (χ1n) is 10.8. The molecule has 1 amide bonds. The summed E-state index contributed by atoms with van der Waals surface area (Å²) in [5, 5.41) is 11.2. The fourth-order valence-electron chi connectivity index (χ4n) is 4.54. The molecule has 0 radical (unpaired) electrons. The highest BCUT2D eigenvalue weighted by Gasteiger charge is 2.46. The standard InChI is InChI=1S/C27H22FNO4/c1-16-13-20-14-19(9-12-22(20)33-16)25(30)23-24(18-5-3-2-4-6-18)29(27(32)26(23)31)15-17-7-10-21(28)11-8-17/h2-12,14,16,24,30H,13,15H2,1H3/b25-23-. The van der Waals surface area contributed by atoms with E-state index in [1.54, 1.807) is 24.3 Å². The van der Waals surface area contributed by atoms with Crippen LogP contribution in [0.5, 0.6) is 5.75 Å². The van der Waals surface area contributed by atoms with Gasteiger partial charge in [0, 0.05) is 18.5 Å². The number of carbonyl (C=O) groups excluding carboxylic acids is 2. The van der Waals surface area contributed by atoms with Gasteiger partial charge in [-0.05, 0) is 53.9 Å². The van der Waals surface area contributed by atoms with Crippen LogP contribution in [0.25, 0.3) is 5.76 Å². The molecule has 3 aromatic carbocycles. The number of likely N-dealkylation sites (tertiary alicyclic amines) is 1. The second-order valence-electron chi connectivity index (χ2n) is 8.42. The van der Waals surface area contributed by atoms with Gasteiger partial charge in [-0.1, -0.05) is 42.5 Å². The summed E-state index contributed by atoms with van der Waals surface area (Å²) in [4.78, 5) is 27.6. The van der Waals surface area contributed by atoms with Crippen LogP contribution in [0.1, 0.15) is 35.2 Å². The lowest BCUT2D eigenvalue weighted by atomic mass is 9.94. The summed E-state index contributed by atoms with van der Waals surface area (Å²) >= 11 is 0. The maximum atomic E-state index is 13.4. The Morgan fingerprint density at radius 3 is 2.52 bits per heavy atom. The lowest BCUT2D eigenvalue weighted by Crippen LogP contribution is -2.29. The number of fused-ring (bicyclic) bond motifs is 1. The van der Waals surface area contributed by atoms with Crippen LogP contribution in [0.2, 0.25) is 0 Å². The van der Waals surface area contributed by atoms with Crippen molar-refractivity contribution >= 4 is 17.4 Å². The molecule has 2 unspecified atom stereocenters. The maximum absolute atomic E-state index is 13.4. The lowest BCUT2D eigenvalue weighted by molar-refractivity contribution is -0.140. The second-order valence-corrected chi connectivity index (χ2v) is 8.42. The molecule has 0 bridgehead atoms. The first kappa shape index (κ1) is 20.9. The molecule has 166 valence electrons. The monoisotopic (exact) mass is 443 g/mol. The Bertz CT molecular complexity index is 1270. The van der Waals surface area contributed by atoms with Crippen molar-refractivity contribution in [2.45, 2.75) is 32.0 Å². The predicted octanol–water partition coefficient (Wildman–Crippen LogP) is 4.77. The summed E-state index contributed by atoms with van der Waals surface area (Å²) < 4.78 is 19.1. The molecule has 2 heterocycles. The van der Waals surface area contributed by atoms with Gasteiger partial charge in [-0.2, -0.15) is 0 Å². The minimum atomic E-state index is -0.764. The van der Waals surface area contributed by atoms with E-state index in [4.69, 9.17) is 4.74 Å². The Labute approximate surface area is 190 Å². The van der Waals surface area contributed by atoms with E-state index >= 15 is 0 Å². The molecule has 0 aliphatic carbocycles. The van der Waals surface area contributed by atoms with Gasteiger partial charge < -0.3 is 14.7 Å². The number of ketones is 1. The van der Waals surface area contributed by atoms with E-state index in [9.17, 15) is 19.1 Å². The SMILES string of the molecule is CC1Cc2cc(/C(O)=C3/C(=O)C(=O)N(Cc4ccc(F)cc4)C3c3ccccc3)ccc2O1. The van der Waals surface area contributed by atoms with Crippen LogP contribution < -0.4 is 4.74 Å². The zero-order valence-electron chi connectivity index (χ0n) is 18.0. The highest BCUT2D eigenvalue weighted by atomic mass is 19.1. The van der Waals surface area contributed by atoms with Crippen molar-refractivity contribution in [3.8, 4) is 5.75 Å². The Hall–Kier alpha value is -3.93. The van der Waals surface area contributed by atoms with Gasteiger partial charge in [0.1, 0.15) is 23.4 Å². The number of halogens is 1. The number of benzene rings is 3. The number of hydrogen-bond donors (Lipinski definition) is 1. The van der Waals surface area contributed by atoms with Gasteiger partial charge in [0.15, 0.2) is 0 Å². The van der Waals surface area contributed by atoms with Crippen LogP contribution in [0.3, 0.4) is 0 Å². The quantitative estimate of drug-likeness (QED) is 0.358. The summed E-state index contributed by atoms with van der Waals surface area (Å²) in [5.41, 5.74) is 2.84. The maximum Gasteiger partial charge on any atom is 0.295 e. The number of rotatable bonds is 4. The van der Waals surface area contributed by atoms with Crippen LogP contribution in [-0.4, -0.2) is 27.8 Å². The molecule has 0 aromatic heterocycles. The van der Waals surface area contributed by atoms with Crippen LogP contribution in [0, 0.1) is 5.82 Å².